The number of nitrogens with zero attached hydrogens (tertiary/aromatic N) is 5. The fourth-order valence-corrected chi connectivity index (χ4v) is 4.02. The SMILES string of the molecule is COc1cccc(/C=N/NC(=O)CSc2nnc(-c3cccnc3)n2-c2ccc(Br)cc2)c1O. The van der Waals surface area contributed by atoms with Gasteiger partial charge in [0.2, 0.25) is 0 Å². The molecule has 0 aliphatic carbocycles. The van der Waals surface area contributed by atoms with E-state index in [1.807, 2.05) is 41.0 Å². The van der Waals surface area contributed by atoms with Crippen LogP contribution in [0.4, 0.5) is 0 Å². The van der Waals surface area contributed by atoms with Gasteiger partial charge in [-0.25, -0.2) is 5.43 Å². The van der Waals surface area contributed by atoms with Crippen molar-refractivity contribution in [3.8, 4) is 28.6 Å². The molecule has 11 heteroatoms. The Bertz CT molecular complexity index is 1310. The minimum absolute atomic E-state index is 0.0529. The third-order valence-electron chi connectivity index (χ3n) is 4.61. The number of hydrazone groups is 1. The van der Waals surface area contributed by atoms with Gasteiger partial charge in [-0.1, -0.05) is 33.8 Å². The Labute approximate surface area is 208 Å². The van der Waals surface area contributed by atoms with Crippen molar-refractivity contribution in [1.29, 1.82) is 0 Å². The number of benzene rings is 2. The van der Waals surface area contributed by atoms with E-state index in [9.17, 15) is 9.90 Å². The van der Waals surface area contributed by atoms with Crippen molar-refractivity contribution in [1.82, 2.24) is 25.2 Å². The number of aromatic nitrogens is 4. The summed E-state index contributed by atoms with van der Waals surface area (Å²) in [5.41, 5.74) is 4.53. The number of nitrogens with one attached hydrogen (secondary N) is 1. The van der Waals surface area contributed by atoms with E-state index in [1.54, 1.807) is 30.6 Å². The normalized spacial score (nSPS) is 11.0. The van der Waals surface area contributed by atoms with Crippen LogP contribution in [0.1, 0.15) is 5.56 Å². The number of para-hydroxylation sites is 1. The van der Waals surface area contributed by atoms with Crippen LogP contribution in [0.15, 0.2) is 81.7 Å². The zero-order chi connectivity index (χ0) is 23.9. The van der Waals surface area contributed by atoms with Gasteiger partial charge in [-0.3, -0.25) is 14.3 Å². The molecule has 0 saturated carbocycles. The van der Waals surface area contributed by atoms with Crippen LogP contribution in [0.2, 0.25) is 0 Å². The van der Waals surface area contributed by atoms with Crippen LogP contribution < -0.4 is 10.2 Å². The summed E-state index contributed by atoms with van der Waals surface area (Å²) in [4.78, 5) is 16.5. The number of aromatic hydroxyl groups is 1. The van der Waals surface area contributed by atoms with Gasteiger partial charge in [0, 0.05) is 33.7 Å². The number of phenolic OH excluding ortho intramolecular Hbond substituents is 1. The summed E-state index contributed by atoms with van der Waals surface area (Å²) in [6.45, 7) is 0. The highest BCUT2D eigenvalue weighted by Gasteiger charge is 2.17. The van der Waals surface area contributed by atoms with Gasteiger partial charge in [-0.2, -0.15) is 5.10 Å². The summed E-state index contributed by atoms with van der Waals surface area (Å²) in [6.07, 6.45) is 4.75. The molecule has 0 saturated heterocycles. The fraction of sp³-hybridized carbons (Fsp3) is 0.0870. The highest BCUT2D eigenvalue weighted by Crippen LogP contribution is 2.29. The molecular weight excluding hydrogens is 520 g/mol. The van der Waals surface area contributed by atoms with Gasteiger partial charge >= 0.3 is 0 Å². The summed E-state index contributed by atoms with van der Waals surface area (Å²) >= 11 is 4.68. The van der Waals surface area contributed by atoms with E-state index < -0.39 is 0 Å². The van der Waals surface area contributed by atoms with E-state index in [2.05, 4.69) is 41.6 Å². The second-order valence-corrected chi connectivity index (χ2v) is 8.70. The molecule has 0 bridgehead atoms. The summed E-state index contributed by atoms with van der Waals surface area (Å²) in [7, 11) is 1.46. The van der Waals surface area contributed by atoms with Crippen LogP contribution in [0.3, 0.4) is 0 Å². The van der Waals surface area contributed by atoms with Gasteiger partial charge in [-0.05, 0) is 48.5 Å². The molecule has 0 unspecified atom stereocenters. The molecule has 0 spiro atoms. The van der Waals surface area contributed by atoms with Crippen LogP contribution in [0.25, 0.3) is 17.1 Å². The number of carbonyl (C=O) groups excluding carboxylic acids is 1. The lowest BCUT2D eigenvalue weighted by atomic mass is 10.2. The summed E-state index contributed by atoms with van der Waals surface area (Å²) in [5, 5.41) is 23.2. The number of thioether (sulfide) groups is 1. The highest BCUT2D eigenvalue weighted by molar-refractivity contribution is 9.10. The summed E-state index contributed by atoms with van der Waals surface area (Å²) < 4.78 is 7.88. The lowest BCUT2D eigenvalue weighted by molar-refractivity contribution is -0.118. The topological polar surface area (TPSA) is 115 Å². The molecule has 0 radical (unpaired) electrons. The smallest absolute Gasteiger partial charge is 0.250 e. The number of methoxy groups -OCH3 is 1. The second kappa shape index (κ2) is 10.9. The molecule has 34 heavy (non-hydrogen) atoms. The molecular formula is C23H19BrN6O3S. The van der Waals surface area contributed by atoms with Crippen LogP contribution in [0, 0.1) is 0 Å². The monoisotopic (exact) mass is 538 g/mol. The number of ether oxygens (including phenoxy) is 1. The van der Waals surface area contributed by atoms with Crippen LogP contribution in [-0.4, -0.2) is 49.8 Å². The van der Waals surface area contributed by atoms with E-state index in [1.165, 1.54) is 25.1 Å². The fourth-order valence-electron chi connectivity index (χ4n) is 3.01. The van der Waals surface area contributed by atoms with Gasteiger partial charge in [0.15, 0.2) is 22.5 Å². The maximum absolute atomic E-state index is 12.4. The lowest BCUT2D eigenvalue weighted by Crippen LogP contribution is -2.20. The number of phenols is 1. The van der Waals surface area contributed by atoms with E-state index in [0.717, 1.165) is 15.7 Å². The first-order chi connectivity index (χ1) is 16.6. The number of hydrogen-bond donors (Lipinski definition) is 2. The second-order valence-electron chi connectivity index (χ2n) is 6.84. The first kappa shape index (κ1) is 23.5. The van der Waals surface area contributed by atoms with Crippen molar-refractivity contribution in [2.75, 3.05) is 12.9 Å². The summed E-state index contributed by atoms with van der Waals surface area (Å²) in [5.74, 6) is 0.607. The van der Waals surface area contributed by atoms with Crippen molar-refractivity contribution < 1.29 is 14.6 Å². The zero-order valence-electron chi connectivity index (χ0n) is 17.9. The Morgan fingerprint density at radius 1 is 1.21 bits per heavy atom. The highest BCUT2D eigenvalue weighted by atomic mass is 79.9. The van der Waals surface area contributed by atoms with Crippen LogP contribution in [-0.2, 0) is 4.79 Å². The maximum Gasteiger partial charge on any atom is 0.250 e. The van der Waals surface area contributed by atoms with Crippen molar-refractivity contribution in [3.05, 3.63) is 77.0 Å². The Morgan fingerprint density at radius 2 is 2.03 bits per heavy atom. The van der Waals surface area contributed by atoms with Gasteiger partial charge in [0.1, 0.15) is 0 Å². The lowest BCUT2D eigenvalue weighted by Gasteiger charge is -2.10. The average Bonchev–Trinajstić information content (AvgIpc) is 3.29. The standard InChI is InChI=1S/C23H19BrN6O3S/c1-33-19-6-2-4-15(21(19)32)13-26-27-20(31)14-34-23-29-28-22(16-5-3-11-25-12-16)30(23)18-9-7-17(24)8-10-18/h2-13,32H,14H2,1H3,(H,27,31)/b26-13+. The van der Waals surface area contributed by atoms with Crippen LogP contribution in [0.5, 0.6) is 11.5 Å². The molecule has 0 aliphatic rings. The van der Waals surface area contributed by atoms with E-state index in [4.69, 9.17) is 4.74 Å². The molecule has 9 nitrogen and oxygen atoms in total. The molecule has 2 aromatic heterocycles. The Morgan fingerprint density at radius 3 is 2.76 bits per heavy atom. The number of rotatable bonds is 8. The number of amides is 1. The number of pyridine rings is 1. The van der Waals surface area contributed by atoms with Crippen LogP contribution >= 0.6 is 27.7 Å². The maximum atomic E-state index is 12.4. The molecule has 0 aliphatic heterocycles. The van der Waals surface area contributed by atoms with E-state index >= 15 is 0 Å². The van der Waals surface area contributed by atoms with Crippen molar-refractivity contribution in [2.24, 2.45) is 5.10 Å². The molecule has 1 amide bonds. The van der Waals surface area contributed by atoms with Crippen molar-refractivity contribution in [2.45, 2.75) is 5.16 Å². The molecule has 0 atom stereocenters. The third-order valence-corrected chi connectivity index (χ3v) is 6.07. The van der Waals surface area contributed by atoms with Gasteiger partial charge < -0.3 is 9.84 Å². The van der Waals surface area contributed by atoms with E-state index in [-0.39, 0.29) is 17.4 Å². The largest absolute Gasteiger partial charge is 0.504 e. The summed E-state index contributed by atoms with van der Waals surface area (Å²) in [6, 6.07) is 16.4. The van der Waals surface area contributed by atoms with E-state index in [0.29, 0.717) is 22.3 Å². The van der Waals surface area contributed by atoms with Gasteiger partial charge in [0.25, 0.3) is 5.91 Å². The predicted molar refractivity (Wildman–Crippen MR) is 133 cm³/mol. The Kier molecular flexibility index (Phi) is 7.55. The predicted octanol–water partition coefficient (Wildman–Crippen LogP) is 4.05. The molecule has 2 aromatic carbocycles. The molecule has 4 aromatic rings. The molecule has 172 valence electrons. The molecule has 2 N–H and O–H groups in total. The molecule has 0 fully saturated rings. The number of hydrogen-bond acceptors (Lipinski definition) is 8. The Hall–Kier alpha value is -3.70. The number of carbonyl (C=O) groups is 1. The average molecular weight is 539 g/mol. The van der Waals surface area contributed by atoms with Crippen molar-refractivity contribution >= 4 is 39.8 Å². The zero-order valence-corrected chi connectivity index (χ0v) is 20.3. The third kappa shape index (κ3) is 5.43. The first-order valence-corrected chi connectivity index (χ1v) is 11.8. The van der Waals surface area contributed by atoms with Gasteiger partial charge in [0.05, 0.1) is 19.1 Å². The number of halogens is 1. The molecule has 4 rings (SSSR count). The minimum Gasteiger partial charge on any atom is -0.504 e. The van der Waals surface area contributed by atoms with Crippen molar-refractivity contribution in [3.63, 3.8) is 0 Å². The Balaban J connectivity index is 1.49. The molecule has 2 heterocycles. The first-order valence-electron chi connectivity index (χ1n) is 9.99. The van der Waals surface area contributed by atoms with Gasteiger partial charge in [-0.15, -0.1) is 10.2 Å². The minimum atomic E-state index is -0.336. The quantitative estimate of drug-likeness (QED) is 0.197.